The molecule has 2 heterocycles. The first-order valence-electron chi connectivity index (χ1n) is 16.9. The molecule has 0 aliphatic carbocycles. The molecular formula is C40H58Cl2N2O3. The maximum atomic E-state index is 12.0. The molecule has 5 nitrogen and oxygen atoms in total. The topological polar surface area (TPSA) is 64.0 Å². The van der Waals surface area contributed by atoms with Crippen LogP contribution in [-0.2, 0) is 24.3 Å². The van der Waals surface area contributed by atoms with E-state index >= 15 is 0 Å². The lowest BCUT2D eigenvalue weighted by Crippen LogP contribution is -2.38. The molecule has 0 saturated carbocycles. The number of allylic oxidation sites excluding steroid dienone is 3. The Hall–Kier alpha value is -2.57. The summed E-state index contributed by atoms with van der Waals surface area (Å²) in [5, 5.41) is 19.6. The Morgan fingerprint density at radius 1 is 0.979 bits per heavy atom. The molecule has 4 rings (SSSR count). The van der Waals surface area contributed by atoms with Crippen LogP contribution in [-0.4, -0.2) is 51.2 Å². The van der Waals surface area contributed by atoms with Crippen LogP contribution in [0, 0.1) is 5.41 Å². The average Bonchev–Trinajstić information content (AvgIpc) is 2.97. The first-order valence-corrected chi connectivity index (χ1v) is 17.7. The molecule has 1 saturated heterocycles. The van der Waals surface area contributed by atoms with E-state index in [0.717, 1.165) is 85.5 Å². The number of aliphatic hydroxyl groups is 1. The summed E-state index contributed by atoms with van der Waals surface area (Å²) in [7, 11) is 0. The Kier molecular flexibility index (Phi) is 15.3. The molecular weight excluding hydrogens is 627 g/mol. The van der Waals surface area contributed by atoms with Crippen LogP contribution in [0.25, 0.3) is 5.57 Å². The summed E-state index contributed by atoms with van der Waals surface area (Å²) in [4.78, 5) is 16.8. The van der Waals surface area contributed by atoms with Gasteiger partial charge in [-0.1, -0.05) is 99.0 Å². The van der Waals surface area contributed by atoms with Crippen molar-refractivity contribution in [2.75, 3.05) is 19.6 Å². The van der Waals surface area contributed by atoms with Gasteiger partial charge >= 0.3 is 5.97 Å². The molecule has 2 aliphatic rings. The third-order valence-corrected chi connectivity index (χ3v) is 9.17. The molecule has 0 unspecified atom stereocenters. The highest BCUT2D eigenvalue weighted by Gasteiger charge is 2.31. The number of carbonyl (C=O) groups is 1. The van der Waals surface area contributed by atoms with Gasteiger partial charge in [0.1, 0.15) is 0 Å². The number of aliphatic carboxylic acids is 1. The van der Waals surface area contributed by atoms with Crippen molar-refractivity contribution in [2.24, 2.45) is 5.41 Å². The van der Waals surface area contributed by atoms with Gasteiger partial charge in [0.15, 0.2) is 0 Å². The van der Waals surface area contributed by atoms with E-state index in [1.807, 2.05) is 39.0 Å². The predicted octanol–water partition coefficient (Wildman–Crippen LogP) is 10.6. The van der Waals surface area contributed by atoms with Crippen molar-refractivity contribution in [1.29, 1.82) is 0 Å². The van der Waals surface area contributed by atoms with Gasteiger partial charge in [0.2, 0.25) is 0 Å². The molecule has 47 heavy (non-hydrogen) atoms. The second kappa shape index (κ2) is 17.7. The Balaban J connectivity index is 0.00000100. The lowest BCUT2D eigenvalue weighted by atomic mass is 9.81. The zero-order valence-electron chi connectivity index (χ0n) is 30.5. The van der Waals surface area contributed by atoms with Crippen molar-refractivity contribution in [1.82, 2.24) is 9.80 Å². The highest BCUT2D eigenvalue weighted by atomic mass is 35.5. The van der Waals surface area contributed by atoms with E-state index in [4.69, 9.17) is 28.3 Å². The Bertz CT molecular complexity index is 1450. The quantitative estimate of drug-likeness (QED) is 0.271. The molecule has 7 heteroatoms. The molecule has 0 aromatic heterocycles. The minimum Gasteiger partial charge on any atom is -0.481 e. The number of benzene rings is 2. The minimum atomic E-state index is -0.828. The van der Waals surface area contributed by atoms with Crippen molar-refractivity contribution in [2.45, 2.75) is 114 Å². The van der Waals surface area contributed by atoms with Gasteiger partial charge < -0.3 is 15.1 Å². The number of rotatable bonds is 8. The number of fused-ring (bicyclic) bond motifs is 1. The lowest BCUT2D eigenvalue weighted by molar-refractivity contribution is -0.136. The number of piperidine rings is 1. The Labute approximate surface area is 295 Å². The molecule has 260 valence electrons. The number of halogens is 2. The fourth-order valence-corrected chi connectivity index (χ4v) is 6.28. The van der Waals surface area contributed by atoms with E-state index in [1.165, 1.54) is 16.7 Å². The van der Waals surface area contributed by atoms with Gasteiger partial charge in [-0.25, -0.2) is 0 Å². The molecule has 0 amide bonds. The van der Waals surface area contributed by atoms with E-state index in [2.05, 4.69) is 62.3 Å². The van der Waals surface area contributed by atoms with E-state index in [-0.39, 0.29) is 11.8 Å². The van der Waals surface area contributed by atoms with Gasteiger partial charge in [-0.2, -0.15) is 0 Å². The van der Waals surface area contributed by atoms with Crippen molar-refractivity contribution < 1.29 is 15.0 Å². The summed E-state index contributed by atoms with van der Waals surface area (Å²) in [5.74, 6) is -0.828. The average molecular weight is 686 g/mol. The van der Waals surface area contributed by atoms with Crippen LogP contribution in [0.5, 0.6) is 0 Å². The summed E-state index contributed by atoms with van der Waals surface area (Å²) in [6, 6.07) is 12.6. The fourth-order valence-electron chi connectivity index (χ4n) is 5.90. The largest absolute Gasteiger partial charge is 0.481 e. The lowest BCUT2D eigenvalue weighted by Gasteiger charge is -2.41. The fraction of sp³-hybridized carbons (Fsp3) is 0.525. The molecule has 0 radical (unpaired) electrons. The summed E-state index contributed by atoms with van der Waals surface area (Å²) in [6.45, 7) is 28.6. The molecule has 0 atom stereocenters. The monoisotopic (exact) mass is 684 g/mol. The van der Waals surface area contributed by atoms with Crippen LogP contribution in [0.3, 0.4) is 0 Å². The second-order valence-corrected chi connectivity index (χ2v) is 15.3. The summed E-state index contributed by atoms with van der Waals surface area (Å²) < 4.78 is 0. The number of carboxylic acid groups (broad SMARTS) is 1. The minimum absolute atomic E-state index is 0.0344. The maximum Gasteiger partial charge on any atom is 0.307 e. The second-order valence-electron chi connectivity index (χ2n) is 14.5. The van der Waals surface area contributed by atoms with Crippen molar-refractivity contribution >= 4 is 34.7 Å². The third kappa shape index (κ3) is 12.4. The maximum absolute atomic E-state index is 12.0. The molecule has 2 aromatic carbocycles. The SMILES string of the molecule is C=C(C)/C(CC(=O)O)=C(\C(=C(C)C)c1ccc2c(c1)CCN(Cc1cccc(Cl)c1Cl)C2)N1CCC(C)(C)CC1.CC.CC(C)(C)O. The Morgan fingerprint density at radius 2 is 1.57 bits per heavy atom. The first-order chi connectivity index (χ1) is 21.9. The van der Waals surface area contributed by atoms with E-state index in [9.17, 15) is 9.90 Å². The predicted molar refractivity (Wildman–Crippen MR) is 201 cm³/mol. The van der Waals surface area contributed by atoms with Crippen LogP contribution in [0.15, 0.2) is 65.4 Å². The van der Waals surface area contributed by atoms with Crippen molar-refractivity contribution in [3.05, 3.63) is 97.7 Å². The zero-order chi connectivity index (χ0) is 35.7. The smallest absolute Gasteiger partial charge is 0.307 e. The normalized spacial score (nSPS) is 16.4. The Morgan fingerprint density at radius 3 is 2.11 bits per heavy atom. The van der Waals surface area contributed by atoms with Gasteiger partial charge in [0.05, 0.1) is 22.1 Å². The number of carboxylic acids is 1. The van der Waals surface area contributed by atoms with Crippen LogP contribution >= 0.6 is 23.2 Å². The van der Waals surface area contributed by atoms with Gasteiger partial charge in [-0.15, -0.1) is 0 Å². The summed E-state index contributed by atoms with van der Waals surface area (Å²) in [6.07, 6.45) is 3.05. The molecule has 2 aliphatic heterocycles. The van der Waals surface area contributed by atoms with Gasteiger partial charge in [-0.3, -0.25) is 9.69 Å². The number of likely N-dealkylation sites (tertiary alicyclic amines) is 1. The van der Waals surface area contributed by atoms with Crippen molar-refractivity contribution in [3.63, 3.8) is 0 Å². The van der Waals surface area contributed by atoms with E-state index < -0.39 is 11.6 Å². The highest BCUT2D eigenvalue weighted by molar-refractivity contribution is 6.42. The van der Waals surface area contributed by atoms with Crippen LogP contribution in [0.2, 0.25) is 10.0 Å². The zero-order valence-corrected chi connectivity index (χ0v) is 32.0. The van der Waals surface area contributed by atoms with E-state index in [1.54, 1.807) is 20.8 Å². The summed E-state index contributed by atoms with van der Waals surface area (Å²) >= 11 is 12.7. The van der Waals surface area contributed by atoms with Crippen LogP contribution < -0.4 is 0 Å². The van der Waals surface area contributed by atoms with E-state index in [0.29, 0.717) is 10.0 Å². The van der Waals surface area contributed by atoms with Crippen molar-refractivity contribution in [3.8, 4) is 0 Å². The van der Waals surface area contributed by atoms with Crippen LogP contribution in [0.4, 0.5) is 0 Å². The third-order valence-electron chi connectivity index (χ3n) is 8.31. The van der Waals surface area contributed by atoms with Gasteiger partial charge in [0, 0.05) is 44.0 Å². The molecule has 2 N–H and O–H groups in total. The molecule has 0 spiro atoms. The van der Waals surface area contributed by atoms with Gasteiger partial charge in [0.25, 0.3) is 0 Å². The number of hydrogen-bond acceptors (Lipinski definition) is 4. The van der Waals surface area contributed by atoms with Gasteiger partial charge in [-0.05, 0) is 100 Å². The summed E-state index contributed by atoms with van der Waals surface area (Å²) in [5.41, 5.74) is 9.64. The molecule has 2 aromatic rings. The number of hydrogen-bond donors (Lipinski definition) is 2. The molecule has 1 fully saturated rings. The number of nitrogens with zero attached hydrogens (tertiary/aromatic N) is 2. The first kappa shape index (κ1) is 40.6. The standard InChI is InChI=1S/C34H42Cl2N2O2.C4H10O.C2H6/c1-22(2)28(19-30(39)40)33(38-16-13-34(5,6)14-17-38)31(23(3)4)25-10-11-26-20-37(15-12-24(26)18-25)21-27-8-7-9-29(35)32(27)36;1-4(2,3)5;1-2/h7-11,18H,1,12-17,19-21H2,2-6H3,(H,39,40);5H,1-3H3;1-2H3/b33-28+;;. The van der Waals surface area contributed by atoms with Crippen LogP contribution in [0.1, 0.15) is 111 Å². The highest BCUT2D eigenvalue weighted by Crippen LogP contribution is 2.40. The molecule has 0 bridgehead atoms.